The Kier molecular flexibility index (Phi) is 5.61. The number of hydrogen-bond donors (Lipinski definition) is 2. The average molecular weight is 401 g/mol. The number of aromatic nitrogens is 5. The normalized spacial score (nSPS) is 22.8. The lowest BCUT2D eigenvalue weighted by Crippen LogP contribution is -2.42. The molecule has 0 radical (unpaired) electrons. The maximum atomic E-state index is 13.3. The number of nitrogens with zero attached hydrogens (tertiary/aromatic N) is 5. The van der Waals surface area contributed by atoms with Gasteiger partial charge in [-0.3, -0.25) is 19.4 Å². The van der Waals surface area contributed by atoms with Crippen LogP contribution in [0.15, 0.2) is 12.3 Å². The second-order valence-electron chi connectivity index (χ2n) is 7.61. The van der Waals surface area contributed by atoms with Gasteiger partial charge in [0.05, 0.1) is 6.04 Å². The van der Waals surface area contributed by atoms with Crippen molar-refractivity contribution in [3.05, 3.63) is 29.6 Å². The number of H-pyrrole nitrogens is 1. The number of amides is 2. The van der Waals surface area contributed by atoms with Crippen LogP contribution in [0.2, 0.25) is 0 Å². The second-order valence-corrected chi connectivity index (χ2v) is 7.61. The fourth-order valence-corrected chi connectivity index (χ4v) is 4.11. The molecule has 10 nitrogen and oxygen atoms in total. The monoisotopic (exact) mass is 401 g/mol. The number of hydrogen-bond acceptors (Lipinski definition) is 6. The van der Waals surface area contributed by atoms with E-state index in [0.717, 1.165) is 12.8 Å². The quantitative estimate of drug-likeness (QED) is 0.766. The molecule has 0 spiro atoms. The maximum absolute atomic E-state index is 13.3. The van der Waals surface area contributed by atoms with Crippen molar-refractivity contribution >= 4 is 11.8 Å². The molecule has 2 aliphatic rings. The molecule has 2 aromatic heterocycles. The van der Waals surface area contributed by atoms with Crippen molar-refractivity contribution in [2.45, 2.75) is 51.7 Å². The van der Waals surface area contributed by atoms with E-state index >= 15 is 0 Å². The van der Waals surface area contributed by atoms with Crippen LogP contribution in [0.1, 0.15) is 54.4 Å². The van der Waals surface area contributed by atoms with Crippen molar-refractivity contribution < 1.29 is 14.3 Å². The van der Waals surface area contributed by atoms with Gasteiger partial charge in [0.1, 0.15) is 11.5 Å². The predicted molar refractivity (Wildman–Crippen MR) is 103 cm³/mol. The summed E-state index contributed by atoms with van der Waals surface area (Å²) in [4.78, 5) is 32.2. The summed E-state index contributed by atoms with van der Waals surface area (Å²) in [7, 11) is 0. The maximum Gasteiger partial charge on any atom is 0.272 e. The Morgan fingerprint density at radius 2 is 2.14 bits per heavy atom. The molecule has 2 aliphatic heterocycles. The predicted octanol–water partition coefficient (Wildman–Crippen LogP) is 0.828. The zero-order valence-electron chi connectivity index (χ0n) is 16.8. The minimum absolute atomic E-state index is 0.0285. The number of carbonyl (C=O) groups is 2. The van der Waals surface area contributed by atoms with Crippen LogP contribution >= 0.6 is 0 Å². The van der Waals surface area contributed by atoms with E-state index in [-0.39, 0.29) is 29.8 Å². The lowest BCUT2D eigenvalue weighted by molar-refractivity contribution is -0.128. The van der Waals surface area contributed by atoms with Crippen molar-refractivity contribution in [3.63, 3.8) is 0 Å². The first-order chi connectivity index (χ1) is 14.1. The van der Waals surface area contributed by atoms with Crippen LogP contribution in [-0.2, 0) is 16.1 Å². The van der Waals surface area contributed by atoms with Gasteiger partial charge >= 0.3 is 0 Å². The van der Waals surface area contributed by atoms with Crippen molar-refractivity contribution in [3.8, 4) is 0 Å². The number of aromatic amines is 1. The van der Waals surface area contributed by atoms with Gasteiger partial charge in [-0.1, -0.05) is 0 Å². The van der Waals surface area contributed by atoms with Crippen LogP contribution in [0.5, 0.6) is 0 Å². The summed E-state index contributed by atoms with van der Waals surface area (Å²) in [6, 6.07) is 1.28. The van der Waals surface area contributed by atoms with E-state index in [9.17, 15) is 9.59 Å². The summed E-state index contributed by atoms with van der Waals surface area (Å²) in [6.07, 6.45) is 3.68. The lowest BCUT2D eigenvalue weighted by Gasteiger charge is -2.24. The largest absolute Gasteiger partial charge is 0.381 e. The van der Waals surface area contributed by atoms with Crippen LogP contribution in [0.25, 0.3) is 0 Å². The first-order valence-corrected chi connectivity index (χ1v) is 10.2. The third-order valence-electron chi connectivity index (χ3n) is 5.65. The molecule has 2 N–H and O–H groups in total. The Labute approximate surface area is 169 Å². The standard InChI is InChI=1S/C19H27N7O3/c1-3-26-15(4-7-20-26)19(28)25-11-14(10-16(25)17-21-12(2)23-24-17)22-18(27)13-5-8-29-9-6-13/h4,7,13-14,16H,3,5-6,8-11H2,1-2H3,(H,22,27)(H,21,23,24)/t14-,16-/m0/s1. The van der Waals surface area contributed by atoms with Gasteiger partial charge in [0.25, 0.3) is 5.91 Å². The number of carbonyl (C=O) groups excluding carboxylic acids is 2. The summed E-state index contributed by atoms with van der Waals surface area (Å²) in [5.74, 6) is 1.15. The first kappa shape index (κ1) is 19.6. The third kappa shape index (κ3) is 4.02. The van der Waals surface area contributed by atoms with Gasteiger partial charge in [0, 0.05) is 44.5 Å². The third-order valence-corrected chi connectivity index (χ3v) is 5.65. The lowest BCUT2D eigenvalue weighted by atomic mass is 9.99. The van der Waals surface area contributed by atoms with E-state index in [2.05, 4.69) is 25.6 Å². The molecule has 2 fully saturated rings. The van der Waals surface area contributed by atoms with E-state index in [1.54, 1.807) is 21.8 Å². The molecular formula is C19H27N7O3. The summed E-state index contributed by atoms with van der Waals surface area (Å²) < 4.78 is 7.02. The highest BCUT2D eigenvalue weighted by atomic mass is 16.5. The Balaban J connectivity index is 1.53. The Bertz CT molecular complexity index is 871. The molecule has 29 heavy (non-hydrogen) atoms. The molecule has 4 heterocycles. The molecule has 0 saturated carbocycles. The zero-order chi connectivity index (χ0) is 20.4. The highest BCUT2D eigenvalue weighted by Crippen LogP contribution is 2.32. The summed E-state index contributed by atoms with van der Waals surface area (Å²) >= 11 is 0. The first-order valence-electron chi connectivity index (χ1n) is 10.2. The molecular weight excluding hydrogens is 374 g/mol. The molecule has 0 aromatic carbocycles. The van der Waals surface area contributed by atoms with Gasteiger partial charge in [0.2, 0.25) is 5.91 Å². The van der Waals surface area contributed by atoms with Crippen molar-refractivity contribution in [2.75, 3.05) is 19.8 Å². The molecule has 2 saturated heterocycles. The van der Waals surface area contributed by atoms with Crippen molar-refractivity contribution in [1.82, 2.24) is 35.2 Å². The summed E-state index contributed by atoms with van der Waals surface area (Å²) in [6.45, 7) is 6.03. The second kappa shape index (κ2) is 8.32. The van der Waals surface area contributed by atoms with Gasteiger partial charge in [-0.15, -0.1) is 0 Å². The molecule has 0 aliphatic carbocycles. The summed E-state index contributed by atoms with van der Waals surface area (Å²) in [5, 5.41) is 14.5. The highest BCUT2D eigenvalue weighted by Gasteiger charge is 2.40. The Morgan fingerprint density at radius 1 is 1.34 bits per heavy atom. The van der Waals surface area contributed by atoms with Crippen LogP contribution in [0.3, 0.4) is 0 Å². The van der Waals surface area contributed by atoms with E-state index < -0.39 is 0 Å². The molecule has 156 valence electrons. The van der Waals surface area contributed by atoms with Gasteiger partial charge in [-0.05, 0) is 39.2 Å². The SMILES string of the molecule is CCn1nccc1C(=O)N1C[C@@H](NC(=O)C2CCOCC2)C[C@H]1c1n[nH]c(C)n1. The molecule has 10 heteroatoms. The molecule has 2 atom stereocenters. The van der Waals surface area contributed by atoms with Crippen LogP contribution < -0.4 is 5.32 Å². The van der Waals surface area contributed by atoms with E-state index in [1.807, 2.05) is 13.8 Å². The van der Waals surface area contributed by atoms with Crippen LogP contribution in [0.4, 0.5) is 0 Å². The highest BCUT2D eigenvalue weighted by molar-refractivity contribution is 5.93. The summed E-state index contributed by atoms with van der Waals surface area (Å²) in [5.41, 5.74) is 0.529. The number of rotatable bonds is 5. The minimum atomic E-state index is -0.298. The number of likely N-dealkylation sites (tertiary alicyclic amines) is 1. The van der Waals surface area contributed by atoms with E-state index in [4.69, 9.17) is 4.74 Å². The number of aryl methyl sites for hydroxylation is 2. The number of ether oxygens (including phenoxy) is 1. The molecule has 2 aromatic rings. The smallest absolute Gasteiger partial charge is 0.272 e. The topological polar surface area (TPSA) is 118 Å². The average Bonchev–Trinajstić information content (AvgIpc) is 3.47. The van der Waals surface area contributed by atoms with Gasteiger partial charge in [0.15, 0.2) is 5.82 Å². The molecule has 4 rings (SSSR count). The minimum Gasteiger partial charge on any atom is -0.381 e. The Morgan fingerprint density at radius 3 is 2.83 bits per heavy atom. The number of nitrogens with one attached hydrogen (secondary N) is 2. The van der Waals surface area contributed by atoms with Gasteiger partial charge in [-0.25, -0.2) is 4.98 Å². The molecule has 0 unspecified atom stereocenters. The van der Waals surface area contributed by atoms with Crippen LogP contribution in [0, 0.1) is 12.8 Å². The van der Waals surface area contributed by atoms with Gasteiger partial charge in [-0.2, -0.15) is 10.2 Å². The fourth-order valence-electron chi connectivity index (χ4n) is 4.11. The Hall–Kier alpha value is -2.75. The van der Waals surface area contributed by atoms with Crippen LogP contribution in [-0.4, -0.2) is 67.5 Å². The van der Waals surface area contributed by atoms with E-state index in [0.29, 0.717) is 50.1 Å². The molecule has 0 bridgehead atoms. The molecule has 2 amide bonds. The zero-order valence-corrected chi connectivity index (χ0v) is 16.8. The van der Waals surface area contributed by atoms with Crippen molar-refractivity contribution in [2.24, 2.45) is 5.92 Å². The van der Waals surface area contributed by atoms with E-state index in [1.165, 1.54) is 0 Å². The van der Waals surface area contributed by atoms with Gasteiger partial charge < -0.3 is 15.0 Å². The van der Waals surface area contributed by atoms with Crippen molar-refractivity contribution in [1.29, 1.82) is 0 Å². The fraction of sp³-hybridized carbons (Fsp3) is 0.632.